The predicted octanol–water partition coefficient (Wildman–Crippen LogP) is 0.0115. The van der Waals surface area contributed by atoms with Crippen molar-refractivity contribution in [3.63, 3.8) is 0 Å². The highest BCUT2D eigenvalue weighted by molar-refractivity contribution is 4.83. The molecule has 2 rings (SSSR count). The van der Waals surface area contributed by atoms with Gasteiger partial charge in [0.15, 0.2) is 0 Å². The lowest BCUT2D eigenvalue weighted by molar-refractivity contribution is 0.0385. The summed E-state index contributed by atoms with van der Waals surface area (Å²) in [6.45, 7) is 3.90. The van der Waals surface area contributed by atoms with Crippen LogP contribution in [0.3, 0.4) is 0 Å². The largest absolute Gasteiger partial charge is 0.302 e. The molecule has 0 aromatic heterocycles. The maximum absolute atomic E-state index is 3.44. The third-order valence-electron chi connectivity index (χ3n) is 2.13. The van der Waals surface area contributed by atoms with Crippen LogP contribution in [0.4, 0.5) is 0 Å². The van der Waals surface area contributed by atoms with Crippen LogP contribution in [0.15, 0.2) is 0 Å². The van der Waals surface area contributed by atoms with E-state index in [1.807, 2.05) is 0 Å². The molecule has 2 aliphatic rings. The average molecular weight is 112 g/mol. The lowest BCUT2D eigenvalue weighted by atomic mass is 10.1. The van der Waals surface area contributed by atoms with Crippen LogP contribution in [0.25, 0.3) is 0 Å². The van der Waals surface area contributed by atoms with Crippen LogP contribution in [0.2, 0.25) is 0 Å². The van der Waals surface area contributed by atoms with E-state index in [9.17, 15) is 0 Å². The van der Waals surface area contributed by atoms with Gasteiger partial charge in [0.1, 0.15) is 0 Å². The molecule has 2 heterocycles. The molecule has 2 heteroatoms. The van der Waals surface area contributed by atoms with Gasteiger partial charge in [-0.05, 0) is 19.4 Å². The van der Waals surface area contributed by atoms with Gasteiger partial charge in [-0.2, -0.15) is 0 Å². The fourth-order valence-corrected chi connectivity index (χ4v) is 1.49. The van der Waals surface area contributed by atoms with E-state index < -0.39 is 0 Å². The minimum absolute atomic E-state index is 0.767. The molecule has 2 aliphatic heterocycles. The Hall–Kier alpha value is -0.0800. The summed E-state index contributed by atoms with van der Waals surface area (Å²) < 4.78 is 0. The fourth-order valence-electron chi connectivity index (χ4n) is 1.49. The number of nitrogens with one attached hydrogen (secondary N) is 1. The first-order valence-corrected chi connectivity index (χ1v) is 3.44. The summed E-state index contributed by atoms with van der Waals surface area (Å²) in [4.78, 5) is 2.50. The second kappa shape index (κ2) is 1.71. The third-order valence-corrected chi connectivity index (χ3v) is 2.13. The second-order valence-corrected chi connectivity index (χ2v) is 2.65. The van der Waals surface area contributed by atoms with Crippen LogP contribution < -0.4 is 5.32 Å². The zero-order valence-electron chi connectivity index (χ0n) is 5.06. The zero-order chi connectivity index (χ0) is 5.40. The monoisotopic (exact) mass is 112 g/mol. The first kappa shape index (κ1) is 4.77. The van der Waals surface area contributed by atoms with Crippen molar-refractivity contribution < 1.29 is 0 Å². The smallest absolute Gasteiger partial charge is 0.0609 e. The highest BCUT2D eigenvalue weighted by Crippen LogP contribution is 2.17. The van der Waals surface area contributed by atoms with Gasteiger partial charge in [0.25, 0.3) is 0 Å². The molecule has 2 fully saturated rings. The van der Waals surface area contributed by atoms with Crippen molar-refractivity contribution in [2.75, 3.05) is 19.6 Å². The average Bonchev–Trinajstić information content (AvgIpc) is 1.72. The zero-order valence-corrected chi connectivity index (χ0v) is 5.06. The topological polar surface area (TPSA) is 15.3 Å². The molecule has 8 heavy (non-hydrogen) atoms. The molecule has 1 N–H and O–H groups in total. The van der Waals surface area contributed by atoms with E-state index in [0.717, 1.165) is 6.17 Å². The van der Waals surface area contributed by atoms with Gasteiger partial charge in [0, 0.05) is 13.1 Å². The lowest BCUT2D eigenvalue weighted by Gasteiger charge is -2.44. The molecule has 1 atom stereocenters. The Morgan fingerprint density at radius 2 is 2.38 bits per heavy atom. The van der Waals surface area contributed by atoms with E-state index in [0.29, 0.717) is 0 Å². The summed E-state index contributed by atoms with van der Waals surface area (Å²) in [7, 11) is 0. The van der Waals surface area contributed by atoms with E-state index in [1.54, 1.807) is 0 Å². The summed E-state index contributed by atoms with van der Waals surface area (Å²) in [6, 6.07) is 0. The maximum atomic E-state index is 3.44. The second-order valence-electron chi connectivity index (χ2n) is 2.65. The molecule has 0 bridgehead atoms. The Labute approximate surface area is 49.9 Å². The summed E-state index contributed by atoms with van der Waals surface area (Å²) in [5.74, 6) is 0. The van der Waals surface area contributed by atoms with Gasteiger partial charge in [-0.1, -0.05) is 0 Å². The standard InChI is InChI=1S/C6H12N2/c1-3-7-6-2-5-8(6)4-1/h6-7H,1-5H2/t6-/m1/s1. The summed E-state index contributed by atoms with van der Waals surface area (Å²) in [5, 5.41) is 3.44. The normalized spacial score (nSPS) is 38.2. The summed E-state index contributed by atoms with van der Waals surface area (Å²) >= 11 is 0. The van der Waals surface area contributed by atoms with Crippen LogP contribution in [-0.4, -0.2) is 30.7 Å². The summed E-state index contributed by atoms with van der Waals surface area (Å²) in [6.07, 6.45) is 3.49. The number of nitrogens with zero attached hydrogens (tertiary/aromatic N) is 1. The highest BCUT2D eigenvalue weighted by atomic mass is 15.3. The number of hydrogen-bond donors (Lipinski definition) is 1. The Kier molecular flexibility index (Phi) is 1.02. The summed E-state index contributed by atoms with van der Waals surface area (Å²) in [5.41, 5.74) is 0. The molecular formula is C6H12N2. The third kappa shape index (κ3) is 0.565. The molecule has 0 spiro atoms. The molecule has 46 valence electrons. The minimum atomic E-state index is 0.767. The van der Waals surface area contributed by atoms with Gasteiger partial charge in [-0.3, -0.25) is 4.90 Å². The van der Waals surface area contributed by atoms with Gasteiger partial charge < -0.3 is 5.32 Å². The molecule has 0 amide bonds. The molecule has 2 saturated heterocycles. The first-order chi connectivity index (χ1) is 3.97. The van der Waals surface area contributed by atoms with E-state index in [4.69, 9.17) is 0 Å². The Morgan fingerprint density at radius 1 is 1.38 bits per heavy atom. The maximum Gasteiger partial charge on any atom is 0.0609 e. The Balaban J connectivity index is 1.92. The molecule has 0 aromatic rings. The SMILES string of the molecule is C1CN[C@H]2CCN2C1. The van der Waals surface area contributed by atoms with Crippen LogP contribution in [0.5, 0.6) is 0 Å². The highest BCUT2D eigenvalue weighted by Gasteiger charge is 2.28. The molecule has 0 unspecified atom stereocenters. The van der Waals surface area contributed by atoms with Gasteiger partial charge in [0.05, 0.1) is 6.17 Å². The quantitative estimate of drug-likeness (QED) is 0.475. The van der Waals surface area contributed by atoms with Crippen LogP contribution in [0, 0.1) is 0 Å². The van der Waals surface area contributed by atoms with Crippen LogP contribution in [0.1, 0.15) is 12.8 Å². The fraction of sp³-hybridized carbons (Fsp3) is 1.00. The predicted molar refractivity (Wildman–Crippen MR) is 32.6 cm³/mol. The van der Waals surface area contributed by atoms with Crippen molar-refractivity contribution in [3.8, 4) is 0 Å². The van der Waals surface area contributed by atoms with Gasteiger partial charge in [-0.15, -0.1) is 0 Å². The van der Waals surface area contributed by atoms with E-state index in [-0.39, 0.29) is 0 Å². The molecule has 0 aliphatic carbocycles. The minimum Gasteiger partial charge on any atom is -0.302 e. The van der Waals surface area contributed by atoms with Crippen LogP contribution in [-0.2, 0) is 0 Å². The molecule has 0 aromatic carbocycles. The van der Waals surface area contributed by atoms with Crippen molar-refractivity contribution in [1.29, 1.82) is 0 Å². The van der Waals surface area contributed by atoms with Gasteiger partial charge in [-0.25, -0.2) is 0 Å². The number of hydrogen-bond acceptors (Lipinski definition) is 2. The Bertz CT molecular complexity index is 80.5. The van der Waals surface area contributed by atoms with E-state index in [1.165, 1.54) is 32.5 Å². The van der Waals surface area contributed by atoms with E-state index >= 15 is 0 Å². The Morgan fingerprint density at radius 3 is 2.75 bits per heavy atom. The van der Waals surface area contributed by atoms with Gasteiger partial charge in [0.2, 0.25) is 0 Å². The van der Waals surface area contributed by atoms with Crippen molar-refractivity contribution in [3.05, 3.63) is 0 Å². The molecule has 0 radical (unpaired) electrons. The van der Waals surface area contributed by atoms with Crippen LogP contribution >= 0.6 is 0 Å². The lowest BCUT2D eigenvalue weighted by Crippen LogP contribution is -2.59. The number of fused-ring (bicyclic) bond motifs is 1. The molecule has 0 saturated carbocycles. The van der Waals surface area contributed by atoms with E-state index in [2.05, 4.69) is 10.2 Å². The number of rotatable bonds is 0. The first-order valence-electron chi connectivity index (χ1n) is 3.44. The molecular weight excluding hydrogens is 100 g/mol. The van der Waals surface area contributed by atoms with Crippen molar-refractivity contribution >= 4 is 0 Å². The van der Waals surface area contributed by atoms with Crippen molar-refractivity contribution in [2.45, 2.75) is 19.0 Å². The van der Waals surface area contributed by atoms with Crippen molar-refractivity contribution in [2.24, 2.45) is 0 Å². The molecule has 2 nitrogen and oxygen atoms in total. The van der Waals surface area contributed by atoms with Crippen molar-refractivity contribution in [1.82, 2.24) is 10.2 Å². The van der Waals surface area contributed by atoms with Gasteiger partial charge >= 0.3 is 0 Å².